The molecule has 1 atom stereocenters. The molecule has 2 aromatic rings. The molecule has 1 N–H and O–H groups in total. The van der Waals surface area contributed by atoms with Gasteiger partial charge in [-0.05, 0) is 95.5 Å². The molecular weight excluding hydrogens is 536 g/mol. The number of esters is 1. The van der Waals surface area contributed by atoms with E-state index >= 15 is 0 Å². The van der Waals surface area contributed by atoms with Crippen LogP contribution in [0.3, 0.4) is 0 Å². The molecule has 0 fully saturated rings. The van der Waals surface area contributed by atoms with Gasteiger partial charge in [0.05, 0.1) is 18.1 Å². The molecule has 0 bridgehead atoms. The lowest BCUT2D eigenvalue weighted by Gasteiger charge is -2.24. The van der Waals surface area contributed by atoms with E-state index in [1.165, 1.54) is 0 Å². The normalized spacial score (nSPS) is 17.5. The molecule has 10 heteroatoms. The van der Waals surface area contributed by atoms with Crippen LogP contribution >= 0.6 is 0 Å². The van der Waals surface area contributed by atoms with Gasteiger partial charge in [-0.1, -0.05) is 12.2 Å². The molecule has 4 rings (SSSR count). The van der Waals surface area contributed by atoms with Crippen LogP contribution in [0.25, 0.3) is 6.08 Å². The molecule has 42 heavy (non-hydrogen) atoms. The number of amides is 2. The molecule has 0 saturated heterocycles. The Kier molecular flexibility index (Phi) is 9.66. The summed E-state index contributed by atoms with van der Waals surface area (Å²) in [6.45, 7) is 10.9. The first-order chi connectivity index (χ1) is 19.9. The SMILES string of the molecule is CC(C)OC(=O)c1cc2c(cn1)C[C@@]1(C2)C(=O)Nc2ncc(/C=C/COCCCCCN(C)C(=O)OC(C)(C)C)cc21. The van der Waals surface area contributed by atoms with Crippen LogP contribution in [-0.2, 0) is 37.3 Å². The Hall–Kier alpha value is -3.79. The monoisotopic (exact) mass is 578 g/mol. The number of pyridine rings is 2. The van der Waals surface area contributed by atoms with Gasteiger partial charge < -0.3 is 24.4 Å². The Balaban J connectivity index is 1.26. The molecule has 2 amide bonds. The number of aromatic nitrogens is 2. The minimum Gasteiger partial charge on any atom is -0.458 e. The van der Waals surface area contributed by atoms with Crippen molar-refractivity contribution in [3.05, 3.63) is 58.6 Å². The van der Waals surface area contributed by atoms with Gasteiger partial charge in [0.2, 0.25) is 5.91 Å². The zero-order valence-corrected chi connectivity index (χ0v) is 25.5. The Morgan fingerprint density at radius 2 is 1.86 bits per heavy atom. The van der Waals surface area contributed by atoms with Crippen molar-refractivity contribution in [2.45, 2.75) is 83.8 Å². The fraction of sp³-hybridized carbons (Fsp3) is 0.531. The Morgan fingerprint density at radius 1 is 1.10 bits per heavy atom. The summed E-state index contributed by atoms with van der Waals surface area (Å²) >= 11 is 0. The number of hydrogen-bond acceptors (Lipinski definition) is 8. The van der Waals surface area contributed by atoms with Crippen LogP contribution in [0.1, 0.15) is 86.6 Å². The Morgan fingerprint density at radius 3 is 2.60 bits per heavy atom. The molecule has 0 saturated carbocycles. The van der Waals surface area contributed by atoms with Gasteiger partial charge in [-0.3, -0.25) is 4.79 Å². The summed E-state index contributed by atoms with van der Waals surface area (Å²) in [6, 6.07) is 3.75. The van der Waals surface area contributed by atoms with Gasteiger partial charge in [-0.2, -0.15) is 0 Å². The van der Waals surface area contributed by atoms with Crippen molar-refractivity contribution >= 4 is 29.9 Å². The minimum absolute atomic E-state index is 0.0886. The van der Waals surface area contributed by atoms with Crippen LogP contribution in [0.15, 0.2) is 30.6 Å². The number of anilines is 1. The highest BCUT2D eigenvalue weighted by atomic mass is 16.6. The second kappa shape index (κ2) is 13.0. The van der Waals surface area contributed by atoms with E-state index in [-0.39, 0.29) is 23.8 Å². The number of carbonyl (C=O) groups excluding carboxylic acids is 3. The largest absolute Gasteiger partial charge is 0.458 e. The van der Waals surface area contributed by atoms with E-state index < -0.39 is 17.0 Å². The maximum Gasteiger partial charge on any atom is 0.410 e. The van der Waals surface area contributed by atoms with E-state index in [4.69, 9.17) is 14.2 Å². The van der Waals surface area contributed by atoms with Crippen LogP contribution in [-0.4, -0.2) is 71.3 Å². The van der Waals surface area contributed by atoms with Crippen LogP contribution in [0.2, 0.25) is 0 Å². The van der Waals surface area contributed by atoms with Crippen molar-refractivity contribution in [3.8, 4) is 0 Å². The second-order valence-electron chi connectivity index (χ2n) is 12.3. The summed E-state index contributed by atoms with van der Waals surface area (Å²) in [6.07, 6.45) is 10.5. The Bertz CT molecular complexity index is 1350. The van der Waals surface area contributed by atoms with Gasteiger partial charge in [-0.15, -0.1) is 0 Å². The van der Waals surface area contributed by atoms with E-state index in [9.17, 15) is 14.4 Å². The molecule has 0 radical (unpaired) electrons. The molecule has 0 aromatic carbocycles. The van der Waals surface area contributed by atoms with Crippen molar-refractivity contribution in [2.75, 3.05) is 32.1 Å². The average Bonchev–Trinajstić information content (AvgIpc) is 3.42. The highest BCUT2D eigenvalue weighted by molar-refractivity contribution is 6.06. The molecule has 1 aliphatic heterocycles. The number of nitrogens with one attached hydrogen (secondary N) is 1. The first kappa shape index (κ1) is 31.2. The van der Waals surface area contributed by atoms with Gasteiger partial charge in [0.25, 0.3) is 0 Å². The third-order valence-corrected chi connectivity index (χ3v) is 7.22. The van der Waals surface area contributed by atoms with Gasteiger partial charge >= 0.3 is 12.1 Å². The van der Waals surface area contributed by atoms with Crippen molar-refractivity contribution in [1.82, 2.24) is 14.9 Å². The number of unbranched alkanes of at least 4 members (excludes halogenated alkanes) is 2. The highest BCUT2D eigenvalue weighted by Gasteiger charge is 2.51. The van der Waals surface area contributed by atoms with Gasteiger partial charge in [0, 0.05) is 38.2 Å². The van der Waals surface area contributed by atoms with Crippen molar-refractivity contribution in [3.63, 3.8) is 0 Å². The van der Waals surface area contributed by atoms with E-state index in [1.54, 1.807) is 44.3 Å². The summed E-state index contributed by atoms with van der Waals surface area (Å²) in [5.41, 5.74) is 2.60. The lowest BCUT2D eigenvalue weighted by molar-refractivity contribution is -0.120. The third-order valence-electron chi connectivity index (χ3n) is 7.22. The summed E-state index contributed by atoms with van der Waals surface area (Å²) in [5.74, 6) is 0.0207. The third kappa shape index (κ3) is 7.53. The van der Waals surface area contributed by atoms with E-state index in [0.29, 0.717) is 38.4 Å². The number of fused-ring (bicyclic) bond motifs is 3. The van der Waals surface area contributed by atoms with Crippen LogP contribution in [0.4, 0.5) is 10.6 Å². The first-order valence-corrected chi connectivity index (χ1v) is 14.6. The Labute approximate surface area is 247 Å². The van der Waals surface area contributed by atoms with Crippen LogP contribution in [0.5, 0.6) is 0 Å². The predicted molar refractivity (Wildman–Crippen MR) is 159 cm³/mol. The minimum atomic E-state index is -0.773. The van der Waals surface area contributed by atoms with Crippen molar-refractivity contribution < 1.29 is 28.6 Å². The fourth-order valence-corrected chi connectivity index (χ4v) is 5.18. The number of rotatable bonds is 11. The van der Waals surface area contributed by atoms with E-state index in [1.807, 2.05) is 39.0 Å². The molecule has 0 unspecified atom stereocenters. The first-order valence-electron chi connectivity index (χ1n) is 14.6. The molecular formula is C32H42N4O6. The maximum absolute atomic E-state index is 13.2. The molecule has 2 aromatic heterocycles. The smallest absolute Gasteiger partial charge is 0.410 e. The summed E-state index contributed by atoms with van der Waals surface area (Å²) in [5, 5.41) is 2.94. The second-order valence-corrected chi connectivity index (χ2v) is 12.3. The molecule has 10 nitrogen and oxygen atoms in total. The molecule has 3 heterocycles. The summed E-state index contributed by atoms with van der Waals surface area (Å²) in [4.78, 5) is 48.0. The van der Waals surface area contributed by atoms with Crippen molar-refractivity contribution in [1.29, 1.82) is 0 Å². The lowest BCUT2D eigenvalue weighted by Crippen LogP contribution is -2.35. The quantitative estimate of drug-likeness (QED) is 0.289. The van der Waals surface area contributed by atoms with E-state index in [2.05, 4.69) is 15.3 Å². The molecule has 226 valence electrons. The highest BCUT2D eigenvalue weighted by Crippen LogP contribution is 2.46. The molecule has 2 aliphatic rings. The van der Waals surface area contributed by atoms with Crippen LogP contribution in [0, 0.1) is 0 Å². The van der Waals surface area contributed by atoms with Gasteiger partial charge in [0.1, 0.15) is 17.1 Å². The maximum atomic E-state index is 13.2. The van der Waals surface area contributed by atoms with Crippen LogP contribution < -0.4 is 5.32 Å². The average molecular weight is 579 g/mol. The lowest BCUT2D eigenvalue weighted by atomic mass is 9.79. The van der Waals surface area contributed by atoms with E-state index in [0.717, 1.165) is 41.5 Å². The predicted octanol–water partition coefficient (Wildman–Crippen LogP) is 5.10. The van der Waals surface area contributed by atoms with Crippen molar-refractivity contribution in [2.24, 2.45) is 0 Å². The topological polar surface area (TPSA) is 120 Å². The number of nitrogens with zero attached hydrogens (tertiary/aromatic N) is 3. The summed E-state index contributed by atoms with van der Waals surface area (Å²) < 4.78 is 16.4. The standard InChI is InChI=1S/C32H42N4O6/c1-21(2)41-28(37)26-16-23-17-32(18-24(23)20-33-26)25-15-22(19-34-27(25)35-29(32)38)11-10-14-40-13-9-7-8-12-36(6)30(39)42-31(3,4)5/h10-11,15-16,19-21H,7-9,12-14,17-18H2,1-6H3,(H,34,35,38)/b11-10+/t32-/m1/s1. The zero-order valence-electron chi connectivity index (χ0n) is 25.5. The van der Waals surface area contributed by atoms with Gasteiger partial charge in [-0.25, -0.2) is 19.6 Å². The fourth-order valence-electron chi connectivity index (χ4n) is 5.18. The van der Waals surface area contributed by atoms with Gasteiger partial charge in [0.15, 0.2) is 0 Å². The summed E-state index contributed by atoms with van der Waals surface area (Å²) in [7, 11) is 1.75. The number of carbonyl (C=O) groups is 3. The zero-order chi connectivity index (χ0) is 30.5. The molecule has 1 aliphatic carbocycles. The number of hydrogen-bond donors (Lipinski definition) is 1. The molecule has 1 spiro atoms. The number of ether oxygens (including phenoxy) is 3.